The van der Waals surface area contributed by atoms with E-state index in [9.17, 15) is 4.79 Å². The van der Waals surface area contributed by atoms with Gasteiger partial charge in [-0.15, -0.1) is 0 Å². The van der Waals surface area contributed by atoms with Crippen LogP contribution < -0.4 is 4.74 Å². The molecule has 4 fully saturated rings. The molecule has 2 aromatic rings. The summed E-state index contributed by atoms with van der Waals surface area (Å²) in [5.41, 5.74) is 2.40. The fourth-order valence-corrected chi connectivity index (χ4v) is 6.13. The molecule has 4 bridgehead atoms. The van der Waals surface area contributed by atoms with Crippen molar-refractivity contribution >= 4 is 21.7 Å². The summed E-state index contributed by atoms with van der Waals surface area (Å²) >= 11 is 3.63. The predicted octanol–water partition coefficient (Wildman–Crippen LogP) is 5.75. The van der Waals surface area contributed by atoms with E-state index in [0.29, 0.717) is 30.1 Å². The summed E-state index contributed by atoms with van der Waals surface area (Å²) in [7, 11) is 0. The number of ether oxygens (including phenoxy) is 1. The fourth-order valence-electron chi connectivity index (χ4n) is 5.75. The van der Waals surface area contributed by atoms with Crippen molar-refractivity contribution in [3.05, 3.63) is 64.1 Å². The zero-order valence-electron chi connectivity index (χ0n) is 14.7. The second kappa shape index (κ2) is 6.53. The van der Waals surface area contributed by atoms with Gasteiger partial charge in [-0.25, -0.2) is 0 Å². The van der Waals surface area contributed by atoms with Crippen LogP contribution in [0.15, 0.2) is 53.0 Å². The molecule has 4 saturated carbocycles. The highest BCUT2D eigenvalue weighted by Gasteiger charge is 2.53. The van der Waals surface area contributed by atoms with E-state index in [0.717, 1.165) is 35.4 Å². The van der Waals surface area contributed by atoms with Crippen LogP contribution in [0.4, 0.5) is 0 Å². The van der Waals surface area contributed by atoms with E-state index < -0.39 is 0 Å². The SMILES string of the molecule is O=C1C2CC3CC(C2)C(c2cc(Br)ccc2OCc2ccccc2)C1C3. The molecule has 0 radical (unpaired) electrons. The lowest BCUT2D eigenvalue weighted by atomic mass is 9.50. The lowest BCUT2D eigenvalue weighted by Crippen LogP contribution is -2.50. The van der Waals surface area contributed by atoms with E-state index in [-0.39, 0.29) is 5.92 Å². The molecule has 4 aliphatic rings. The van der Waals surface area contributed by atoms with Crippen LogP contribution in [-0.4, -0.2) is 5.78 Å². The van der Waals surface area contributed by atoms with Crippen molar-refractivity contribution in [1.82, 2.24) is 0 Å². The molecule has 5 atom stereocenters. The molecule has 26 heavy (non-hydrogen) atoms. The number of hydrogen-bond donors (Lipinski definition) is 0. The molecular weight excluding hydrogens is 388 g/mol. The average molecular weight is 411 g/mol. The molecule has 3 heteroatoms. The molecule has 0 aliphatic heterocycles. The van der Waals surface area contributed by atoms with E-state index in [1.807, 2.05) is 24.3 Å². The van der Waals surface area contributed by atoms with Gasteiger partial charge in [-0.1, -0.05) is 46.3 Å². The number of carbonyl (C=O) groups excluding carboxylic acids is 1. The van der Waals surface area contributed by atoms with Gasteiger partial charge in [-0.2, -0.15) is 0 Å². The van der Waals surface area contributed by atoms with Crippen molar-refractivity contribution < 1.29 is 9.53 Å². The van der Waals surface area contributed by atoms with Gasteiger partial charge in [-0.3, -0.25) is 4.79 Å². The second-order valence-corrected chi connectivity index (χ2v) is 9.17. The van der Waals surface area contributed by atoms with Gasteiger partial charge in [0.1, 0.15) is 18.1 Å². The molecule has 6 rings (SSSR count). The summed E-state index contributed by atoms with van der Waals surface area (Å²) in [5, 5.41) is 0. The van der Waals surface area contributed by atoms with Crippen molar-refractivity contribution in [2.45, 2.75) is 38.2 Å². The number of halogens is 1. The van der Waals surface area contributed by atoms with E-state index >= 15 is 0 Å². The summed E-state index contributed by atoms with van der Waals surface area (Å²) in [6.45, 7) is 0.566. The van der Waals surface area contributed by atoms with E-state index in [1.165, 1.54) is 17.5 Å². The molecule has 0 amide bonds. The summed E-state index contributed by atoms with van der Waals surface area (Å²) < 4.78 is 7.31. The monoisotopic (exact) mass is 410 g/mol. The number of ketones is 1. The summed E-state index contributed by atoms with van der Waals surface area (Å²) in [4.78, 5) is 12.9. The van der Waals surface area contributed by atoms with Gasteiger partial charge in [0.05, 0.1) is 0 Å². The van der Waals surface area contributed by atoms with Crippen LogP contribution in [0.5, 0.6) is 5.75 Å². The Morgan fingerprint density at radius 2 is 1.85 bits per heavy atom. The number of benzene rings is 2. The molecule has 2 nitrogen and oxygen atoms in total. The molecule has 0 aromatic heterocycles. The largest absolute Gasteiger partial charge is 0.489 e. The molecule has 2 aromatic carbocycles. The molecule has 134 valence electrons. The summed E-state index contributed by atoms with van der Waals surface area (Å²) in [6.07, 6.45) is 4.60. The van der Waals surface area contributed by atoms with Crippen molar-refractivity contribution in [1.29, 1.82) is 0 Å². The van der Waals surface area contributed by atoms with E-state index in [2.05, 4.69) is 40.2 Å². The number of rotatable bonds is 4. The Morgan fingerprint density at radius 3 is 2.69 bits per heavy atom. The van der Waals surface area contributed by atoms with Gasteiger partial charge >= 0.3 is 0 Å². The molecule has 0 heterocycles. The smallest absolute Gasteiger partial charge is 0.139 e. The van der Waals surface area contributed by atoms with Gasteiger partial charge in [-0.05, 0) is 66.8 Å². The summed E-state index contributed by atoms with van der Waals surface area (Å²) in [5.74, 6) is 3.77. The first kappa shape index (κ1) is 16.6. The molecular formula is C23H23BrO2. The van der Waals surface area contributed by atoms with Crippen molar-refractivity contribution in [2.75, 3.05) is 0 Å². The minimum atomic E-state index is 0.208. The van der Waals surface area contributed by atoms with E-state index in [1.54, 1.807) is 0 Å². The van der Waals surface area contributed by atoms with Gasteiger partial charge in [0.25, 0.3) is 0 Å². The molecule has 4 aliphatic carbocycles. The number of carbonyl (C=O) groups is 1. The van der Waals surface area contributed by atoms with Gasteiger partial charge in [0, 0.05) is 22.2 Å². The first-order valence-electron chi connectivity index (χ1n) is 9.69. The van der Waals surface area contributed by atoms with Crippen LogP contribution in [-0.2, 0) is 11.4 Å². The zero-order valence-corrected chi connectivity index (χ0v) is 16.3. The molecule has 0 spiro atoms. The van der Waals surface area contributed by atoms with Crippen molar-refractivity contribution in [3.8, 4) is 5.75 Å². The Morgan fingerprint density at radius 1 is 1.00 bits per heavy atom. The predicted molar refractivity (Wildman–Crippen MR) is 105 cm³/mol. The quantitative estimate of drug-likeness (QED) is 0.641. The highest BCUT2D eigenvalue weighted by molar-refractivity contribution is 9.10. The Hall–Kier alpha value is -1.61. The van der Waals surface area contributed by atoms with Crippen LogP contribution in [0.3, 0.4) is 0 Å². The highest BCUT2D eigenvalue weighted by Crippen LogP contribution is 2.59. The third-order valence-corrected chi connectivity index (χ3v) is 7.20. The fraction of sp³-hybridized carbons (Fsp3) is 0.435. The second-order valence-electron chi connectivity index (χ2n) is 8.26. The number of hydrogen-bond acceptors (Lipinski definition) is 2. The van der Waals surface area contributed by atoms with Gasteiger partial charge < -0.3 is 4.74 Å². The third-order valence-electron chi connectivity index (χ3n) is 6.71. The van der Waals surface area contributed by atoms with Crippen LogP contribution in [0, 0.1) is 23.7 Å². The lowest BCUT2D eigenvalue weighted by molar-refractivity contribution is -0.142. The maximum Gasteiger partial charge on any atom is 0.139 e. The van der Waals surface area contributed by atoms with Crippen LogP contribution in [0.2, 0.25) is 0 Å². The molecule has 5 unspecified atom stereocenters. The highest BCUT2D eigenvalue weighted by atomic mass is 79.9. The molecule has 0 saturated heterocycles. The lowest BCUT2D eigenvalue weighted by Gasteiger charge is -2.53. The maximum atomic E-state index is 12.9. The minimum absolute atomic E-state index is 0.208. The zero-order chi connectivity index (χ0) is 17.7. The maximum absolute atomic E-state index is 12.9. The van der Waals surface area contributed by atoms with Gasteiger partial charge in [0.2, 0.25) is 0 Å². The number of Topliss-reactive ketones (excluding diaryl/α,β-unsaturated/α-hetero) is 1. The third kappa shape index (κ3) is 2.81. The van der Waals surface area contributed by atoms with Crippen LogP contribution in [0.1, 0.15) is 42.7 Å². The Bertz CT molecular complexity index is 831. The Kier molecular flexibility index (Phi) is 4.16. The standard InChI is InChI=1S/C23H23BrO2/c24-18-6-7-21(26-13-14-4-2-1-3-5-14)19(12-18)22-16-8-15-9-17(11-16)23(25)20(22)10-15/h1-7,12,15-17,20,22H,8-11,13H2. The first-order valence-corrected chi connectivity index (χ1v) is 10.5. The minimum Gasteiger partial charge on any atom is -0.489 e. The Balaban J connectivity index is 1.46. The van der Waals surface area contributed by atoms with Gasteiger partial charge in [0.15, 0.2) is 0 Å². The van der Waals surface area contributed by atoms with E-state index in [4.69, 9.17) is 4.74 Å². The van der Waals surface area contributed by atoms with Crippen LogP contribution in [0.25, 0.3) is 0 Å². The van der Waals surface area contributed by atoms with Crippen molar-refractivity contribution in [3.63, 3.8) is 0 Å². The van der Waals surface area contributed by atoms with Crippen LogP contribution >= 0.6 is 15.9 Å². The topological polar surface area (TPSA) is 26.3 Å². The summed E-state index contributed by atoms with van der Waals surface area (Å²) in [6, 6.07) is 16.6. The molecule has 0 N–H and O–H groups in total. The van der Waals surface area contributed by atoms with Crippen molar-refractivity contribution in [2.24, 2.45) is 23.7 Å². The Labute approximate surface area is 163 Å². The normalized spacial score (nSPS) is 32.0. The average Bonchev–Trinajstić information content (AvgIpc) is 2.65. The first-order chi connectivity index (χ1) is 12.7.